The molecule has 0 saturated heterocycles. The molecule has 0 aliphatic carbocycles. The first-order valence-corrected chi connectivity index (χ1v) is 4.94. The lowest BCUT2D eigenvalue weighted by atomic mass is 10.5. The van der Waals surface area contributed by atoms with Crippen molar-refractivity contribution in [3.8, 4) is 0 Å². The van der Waals surface area contributed by atoms with Crippen molar-refractivity contribution in [3.63, 3.8) is 0 Å². The number of carbonyl (C=O) groups is 2. The van der Waals surface area contributed by atoms with E-state index in [1.165, 1.54) is 4.90 Å². The summed E-state index contributed by atoms with van der Waals surface area (Å²) in [6.45, 7) is 5.41. The van der Waals surface area contributed by atoms with E-state index in [1.807, 2.05) is 13.8 Å². The summed E-state index contributed by atoms with van der Waals surface area (Å²) in [6, 6.07) is -0.375. The minimum absolute atomic E-state index is 0.357. The van der Waals surface area contributed by atoms with Crippen molar-refractivity contribution in [2.75, 3.05) is 32.8 Å². The highest BCUT2D eigenvalue weighted by atomic mass is 16.5. The molecule has 0 saturated carbocycles. The maximum absolute atomic E-state index is 11.4. The van der Waals surface area contributed by atoms with Gasteiger partial charge in [-0.05, 0) is 13.8 Å². The van der Waals surface area contributed by atoms with Crippen molar-refractivity contribution in [1.82, 2.24) is 10.2 Å². The van der Waals surface area contributed by atoms with Gasteiger partial charge in [-0.3, -0.25) is 4.79 Å². The monoisotopic (exact) mass is 218 g/mol. The van der Waals surface area contributed by atoms with E-state index in [0.29, 0.717) is 26.3 Å². The normalized spacial score (nSPS) is 9.73. The van der Waals surface area contributed by atoms with E-state index < -0.39 is 5.97 Å². The minimum atomic E-state index is -1.05. The van der Waals surface area contributed by atoms with E-state index >= 15 is 0 Å². The van der Waals surface area contributed by atoms with Crippen LogP contribution in [-0.2, 0) is 9.53 Å². The zero-order valence-corrected chi connectivity index (χ0v) is 9.15. The number of urea groups is 1. The molecule has 0 atom stereocenters. The van der Waals surface area contributed by atoms with Gasteiger partial charge in [-0.1, -0.05) is 0 Å². The van der Waals surface area contributed by atoms with Crippen LogP contribution in [0.15, 0.2) is 0 Å². The van der Waals surface area contributed by atoms with Crippen molar-refractivity contribution >= 4 is 12.0 Å². The molecule has 0 fully saturated rings. The van der Waals surface area contributed by atoms with Crippen LogP contribution < -0.4 is 5.32 Å². The standard InChI is InChI=1S/C9H18N2O4/c1-3-11(5-6-15-4-2)9(14)10-7-8(12)13/h3-7H2,1-2H3,(H,10,14)(H,12,13). The molecule has 0 heterocycles. The van der Waals surface area contributed by atoms with Crippen LogP contribution in [-0.4, -0.2) is 54.9 Å². The minimum Gasteiger partial charge on any atom is -0.480 e. The maximum Gasteiger partial charge on any atom is 0.323 e. The lowest BCUT2D eigenvalue weighted by molar-refractivity contribution is -0.135. The van der Waals surface area contributed by atoms with Crippen LogP contribution in [0.5, 0.6) is 0 Å². The van der Waals surface area contributed by atoms with E-state index in [-0.39, 0.29) is 12.6 Å². The molecular weight excluding hydrogens is 200 g/mol. The first kappa shape index (κ1) is 13.7. The molecule has 2 N–H and O–H groups in total. The zero-order valence-electron chi connectivity index (χ0n) is 9.15. The predicted molar refractivity (Wildman–Crippen MR) is 54.8 cm³/mol. The highest BCUT2D eigenvalue weighted by Gasteiger charge is 2.11. The Morgan fingerprint density at radius 2 is 2.07 bits per heavy atom. The van der Waals surface area contributed by atoms with Crippen LogP contribution in [0.3, 0.4) is 0 Å². The molecule has 0 spiro atoms. The molecule has 2 amide bonds. The smallest absolute Gasteiger partial charge is 0.323 e. The Hall–Kier alpha value is -1.30. The molecule has 0 aliphatic rings. The highest BCUT2D eigenvalue weighted by Crippen LogP contribution is 1.89. The fourth-order valence-electron chi connectivity index (χ4n) is 0.985. The first-order chi connectivity index (χ1) is 7.11. The number of rotatable bonds is 7. The van der Waals surface area contributed by atoms with Gasteiger partial charge < -0.3 is 20.1 Å². The first-order valence-electron chi connectivity index (χ1n) is 4.94. The Kier molecular flexibility index (Phi) is 7.35. The van der Waals surface area contributed by atoms with Gasteiger partial charge in [0.05, 0.1) is 6.61 Å². The topological polar surface area (TPSA) is 78.9 Å². The molecule has 0 rings (SSSR count). The second-order valence-corrected chi connectivity index (χ2v) is 2.83. The summed E-state index contributed by atoms with van der Waals surface area (Å²) in [4.78, 5) is 23.1. The number of nitrogens with zero attached hydrogens (tertiary/aromatic N) is 1. The molecule has 0 bridgehead atoms. The number of carbonyl (C=O) groups excluding carboxylic acids is 1. The number of carboxylic acid groups (broad SMARTS) is 1. The third kappa shape index (κ3) is 6.73. The van der Waals surface area contributed by atoms with Crippen molar-refractivity contribution in [3.05, 3.63) is 0 Å². The number of carboxylic acids is 1. The summed E-state index contributed by atoms with van der Waals surface area (Å²) in [5, 5.41) is 10.7. The van der Waals surface area contributed by atoms with E-state index in [4.69, 9.17) is 9.84 Å². The largest absolute Gasteiger partial charge is 0.480 e. The Morgan fingerprint density at radius 3 is 2.53 bits per heavy atom. The average Bonchev–Trinajstić information content (AvgIpc) is 2.21. The summed E-state index contributed by atoms with van der Waals surface area (Å²) in [6.07, 6.45) is 0. The van der Waals surface area contributed by atoms with Gasteiger partial charge >= 0.3 is 12.0 Å². The number of nitrogens with one attached hydrogen (secondary N) is 1. The third-order valence-electron chi connectivity index (χ3n) is 1.77. The lowest BCUT2D eigenvalue weighted by Crippen LogP contribution is -2.43. The van der Waals surface area contributed by atoms with E-state index in [1.54, 1.807) is 0 Å². The van der Waals surface area contributed by atoms with Gasteiger partial charge in [0.15, 0.2) is 0 Å². The van der Waals surface area contributed by atoms with Crippen molar-refractivity contribution in [2.45, 2.75) is 13.8 Å². The molecule has 6 nitrogen and oxygen atoms in total. The fourth-order valence-corrected chi connectivity index (χ4v) is 0.985. The molecule has 88 valence electrons. The van der Waals surface area contributed by atoms with E-state index in [9.17, 15) is 9.59 Å². The average molecular weight is 218 g/mol. The van der Waals surface area contributed by atoms with Crippen LogP contribution in [0.25, 0.3) is 0 Å². The van der Waals surface area contributed by atoms with Crippen LogP contribution >= 0.6 is 0 Å². The van der Waals surface area contributed by atoms with Crippen molar-refractivity contribution < 1.29 is 19.4 Å². The molecule has 0 aliphatic heterocycles. The predicted octanol–water partition coefficient (Wildman–Crippen LogP) is 0.139. The number of ether oxygens (including phenoxy) is 1. The second kappa shape index (κ2) is 8.05. The highest BCUT2D eigenvalue weighted by molar-refractivity contribution is 5.79. The van der Waals surface area contributed by atoms with Gasteiger partial charge in [0.25, 0.3) is 0 Å². The number of likely N-dealkylation sites (N-methyl/N-ethyl adjacent to an activating group) is 1. The van der Waals surface area contributed by atoms with Crippen molar-refractivity contribution in [1.29, 1.82) is 0 Å². The molecule has 6 heteroatoms. The second-order valence-electron chi connectivity index (χ2n) is 2.83. The number of hydrogen-bond acceptors (Lipinski definition) is 3. The van der Waals surface area contributed by atoms with Gasteiger partial charge in [-0.15, -0.1) is 0 Å². The van der Waals surface area contributed by atoms with E-state index in [0.717, 1.165) is 0 Å². The Morgan fingerprint density at radius 1 is 1.40 bits per heavy atom. The van der Waals surface area contributed by atoms with Crippen molar-refractivity contribution in [2.24, 2.45) is 0 Å². The Labute approximate surface area is 89.2 Å². The third-order valence-corrected chi connectivity index (χ3v) is 1.77. The molecule has 15 heavy (non-hydrogen) atoms. The summed E-state index contributed by atoms with van der Waals surface area (Å²) in [7, 11) is 0. The molecule has 0 aromatic rings. The van der Waals surface area contributed by atoms with Gasteiger partial charge in [0.1, 0.15) is 6.54 Å². The van der Waals surface area contributed by atoms with Crippen LogP contribution in [0.2, 0.25) is 0 Å². The number of amides is 2. The lowest BCUT2D eigenvalue weighted by Gasteiger charge is -2.20. The summed E-state index contributed by atoms with van der Waals surface area (Å²) in [5.74, 6) is -1.05. The molecule has 0 unspecified atom stereocenters. The molecule has 0 aromatic heterocycles. The molecule has 0 aromatic carbocycles. The van der Waals surface area contributed by atoms with E-state index in [2.05, 4.69) is 5.32 Å². The Bertz CT molecular complexity index is 208. The summed E-state index contributed by atoms with van der Waals surface area (Å²) < 4.78 is 5.10. The van der Waals surface area contributed by atoms with Gasteiger partial charge in [-0.25, -0.2) is 4.79 Å². The zero-order chi connectivity index (χ0) is 11.7. The summed E-state index contributed by atoms with van der Waals surface area (Å²) >= 11 is 0. The van der Waals surface area contributed by atoms with Crippen LogP contribution in [0.4, 0.5) is 4.79 Å². The van der Waals surface area contributed by atoms with Gasteiger partial charge in [-0.2, -0.15) is 0 Å². The Balaban J connectivity index is 3.82. The SMILES string of the molecule is CCOCCN(CC)C(=O)NCC(=O)O. The van der Waals surface area contributed by atoms with Gasteiger partial charge in [0, 0.05) is 19.7 Å². The maximum atomic E-state index is 11.4. The van der Waals surface area contributed by atoms with Crippen LogP contribution in [0, 0.1) is 0 Å². The van der Waals surface area contributed by atoms with Crippen LogP contribution in [0.1, 0.15) is 13.8 Å². The number of hydrogen-bond donors (Lipinski definition) is 2. The molecular formula is C9H18N2O4. The van der Waals surface area contributed by atoms with Gasteiger partial charge in [0.2, 0.25) is 0 Å². The quantitative estimate of drug-likeness (QED) is 0.596. The fraction of sp³-hybridized carbons (Fsp3) is 0.778. The number of aliphatic carboxylic acids is 1. The molecule has 0 radical (unpaired) electrons. The summed E-state index contributed by atoms with van der Waals surface area (Å²) in [5.41, 5.74) is 0.